The maximum atomic E-state index is 10.6. The molecule has 11 heavy (non-hydrogen) atoms. The molecule has 2 N–H and O–H groups in total. The fourth-order valence-corrected chi connectivity index (χ4v) is 1.51. The molecular weight excluding hydrogens is 166 g/mol. The van der Waals surface area contributed by atoms with Gasteiger partial charge in [0.05, 0.1) is 12.4 Å². The monoisotopic (exact) mass is 181 g/mol. The van der Waals surface area contributed by atoms with Crippen LogP contribution in [0.25, 0.3) is 0 Å². The Morgan fingerprint density at radius 1 is 1.55 bits per heavy atom. The van der Waals surface area contributed by atoms with Gasteiger partial charge < -0.3 is 5.73 Å². The third-order valence-corrected chi connectivity index (χ3v) is 1.88. The second-order valence-corrected chi connectivity index (χ2v) is 4.21. The molecule has 0 aromatic carbocycles. The first-order valence-electron chi connectivity index (χ1n) is 3.50. The third-order valence-electron chi connectivity index (χ3n) is 1.29. The minimum atomic E-state index is -3.36. The number of nitrogens with two attached hydrogens (primary N) is 1. The van der Waals surface area contributed by atoms with Gasteiger partial charge in [-0.15, -0.1) is 0 Å². The number of rotatable bonds is 4. The van der Waals surface area contributed by atoms with E-state index in [0.717, 1.165) is 6.26 Å². The summed E-state index contributed by atoms with van der Waals surface area (Å²) in [5.41, 5.74) is 5.46. The molecule has 0 unspecified atom stereocenters. The Labute approximate surface area is 67.9 Å². The normalized spacial score (nSPS) is 17.8. The molecule has 68 valence electrons. The van der Waals surface area contributed by atoms with E-state index in [1.807, 2.05) is 6.92 Å². The van der Waals surface area contributed by atoms with E-state index in [1.165, 1.54) is 0 Å². The van der Waals surface area contributed by atoms with Crippen molar-refractivity contribution in [2.75, 3.05) is 6.26 Å². The first-order valence-corrected chi connectivity index (χ1v) is 5.32. The van der Waals surface area contributed by atoms with Gasteiger partial charge in [-0.25, -0.2) is 0 Å². The highest BCUT2D eigenvalue weighted by atomic mass is 32.2. The van der Waals surface area contributed by atoms with Crippen LogP contribution in [0.5, 0.6) is 0 Å². The molecule has 0 aliphatic rings. The van der Waals surface area contributed by atoms with Gasteiger partial charge in [-0.1, -0.05) is 6.92 Å². The topological polar surface area (TPSA) is 69.4 Å². The Kier molecular flexibility index (Phi) is 3.99. The molecule has 0 heterocycles. The predicted octanol–water partition coefficient (Wildman–Crippen LogP) is 0.0884. The van der Waals surface area contributed by atoms with Gasteiger partial charge in [-0.3, -0.25) is 4.18 Å². The molecule has 0 radical (unpaired) electrons. The quantitative estimate of drug-likeness (QED) is 0.624. The highest BCUT2D eigenvalue weighted by Crippen LogP contribution is 2.05. The lowest BCUT2D eigenvalue weighted by Gasteiger charge is -2.17. The average Bonchev–Trinajstić information content (AvgIpc) is 1.80. The summed E-state index contributed by atoms with van der Waals surface area (Å²) in [7, 11) is -3.36. The van der Waals surface area contributed by atoms with Crippen molar-refractivity contribution in [2.24, 2.45) is 5.73 Å². The molecule has 0 rings (SSSR count). The van der Waals surface area contributed by atoms with Crippen LogP contribution in [0, 0.1) is 0 Å². The van der Waals surface area contributed by atoms with Gasteiger partial charge in [-0.05, 0) is 13.3 Å². The molecule has 0 saturated heterocycles. The highest BCUT2D eigenvalue weighted by Gasteiger charge is 2.16. The zero-order valence-corrected chi connectivity index (χ0v) is 7.89. The van der Waals surface area contributed by atoms with E-state index in [0.29, 0.717) is 6.42 Å². The molecule has 0 aliphatic carbocycles. The van der Waals surface area contributed by atoms with Gasteiger partial charge in [0.2, 0.25) is 0 Å². The van der Waals surface area contributed by atoms with Crippen molar-refractivity contribution in [2.45, 2.75) is 32.4 Å². The molecule has 0 saturated carbocycles. The SMILES string of the molecule is CC[C@H](OS(C)(=O)=O)[C@H](C)N. The van der Waals surface area contributed by atoms with Crippen LogP contribution >= 0.6 is 0 Å². The van der Waals surface area contributed by atoms with Gasteiger partial charge in [0, 0.05) is 6.04 Å². The molecule has 5 heteroatoms. The molecule has 0 aromatic rings. The molecular formula is C6H15NO3S. The van der Waals surface area contributed by atoms with Crippen LogP contribution in [0.3, 0.4) is 0 Å². The van der Waals surface area contributed by atoms with Crippen LogP contribution in [0.4, 0.5) is 0 Å². The van der Waals surface area contributed by atoms with E-state index in [4.69, 9.17) is 9.92 Å². The summed E-state index contributed by atoms with van der Waals surface area (Å²) in [6, 6.07) is -0.255. The van der Waals surface area contributed by atoms with Gasteiger partial charge in [-0.2, -0.15) is 8.42 Å². The van der Waals surface area contributed by atoms with Gasteiger partial charge in [0.15, 0.2) is 0 Å². The predicted molar refractivity (Wildman–Crippen MR) is 43.7 cm³/mol. The Hall–Kier alpha value is -0.130. The molecule has 0 aromatic heterocycles. The van der Waals surface area contributed by atoms with Gasteiger partial charge >= 0.3 is 0 Å². The standard InChI is InChI=1S/C6H15NO3S/c1-4-6(5(2)7)10-11(3,8)9/h5-6H,4,7H2,1-3H3/t5-,6-/m0/s1. The van der Waals surface area contributed by atoms with Gasteiger partial charge in [0.1, 0.15) is 0 Å². The summed E-state index contributed by atoms with van der Waals surface area (Å²) in [6.45, 7) is 3.55. The van der Waals surface area contributed by atoms with Gasteiger partial charge in [0.25, 0.3) is 10.1 Å². The first kappa shape index (κ1) is 10.9. The Bertz CT molecular complexity index is 198. The van der Waals surface area contributed by atoms with E-state index in [2.05, 4.69) is 0 Å². The summed E-state index contributed by atoms with van der Waals surface area (Å²) in [4.78, 5) is 0. The lowest BCUT2D eigenvalue weighted by Crippen LogP contribution is -2.34. The molecule has 2 atom stereocenters. The largest absolute Gasteiger partial charge is 0.326 e. The average molecular weight is 181 g/mol. The zero-order valence-electron chi connectivity index (χ0n) is 7.07. The van der Waals surface area contributed by atoms with Crippen LogP contribution in [0.15, 0.2) is 0 Å². The van der Waals surface area contributed by atoms with Crippen LogP contribution in [0.1, 0.15) is 20.3 Å². The first-order chi connectivity index (χ1) is 4.87. The third kappa shape index (κ3) is 5.17. The summed E-state index contributed by atoms with van der Waals surface area (Å²) in [5, 5.41) is 0. The number of hydrogen-bond donors (Lipinski definition) is 1. The summed E-state index contributed by atoms with van der Waals surface area (Å²) in [5.74, 6) is 0. The van der Waals surface area contributed by atoms with Crippen molar-refractivity contribution in [3.05, 3.63) is 0 Å². The van der Waals surface area contributed by atoms with E-state index < -0.39 is 16.2 Å². The van der Waals surface area contributed by atoms with E-state index in [1.54, 1.807) is 6.92 Å². The minimum absolute atomic E-state index is 0.255. The maximum Gasteiger partial charge on any atom is 0.264 e. The lowest BCUT2D eigenvalue weighted by atomic mass is 10.1. The summed E-state index contributed by atoms with van der Waals surface area (Å²) >= 11 is 0. The van der Waals surface area contributed by atoms with Crippen molar-refractivity contribution < 1.29 is 12.6 Å². The Morgan fingerprint density at radius 3 is 2.09 bits per heavy atom. The molecule has 0 bridgehead atoms. The van der Waals surface area contributed by atoms with Crippen molar-refractivity contribution in [1.29, 1.82) is 0 Å². The second kappa shape index (κ2) is 4.04. The maximum absolute atomic E-state index is 10.6. The molecule has 4 nitrogen and oxygen atoms in total. The van der Waals surface area contributed by atoms with Crippen molar-refractivity contribution >= 4 is 10.1 Å². The highest BCUT2D eigenvalue weighted by molar-refractivity contribution is 7.86. The van der Waals surface area contributed by atoms with Crippen LogP contribution in [0.2, 0.25) is 0 Å². The van der Waals surface area contributed by atoms with Crippen LogP contribution in [-0.4, -0.2) is 26.8 Å². The summed E-state index contributed by atoms with van der Waals surface area (Å²) in [6.07, 6.45) is 1.23. The van der Waals surface area contributed by atoms with E-state index in [-0.39, 0.29) is 6.04 Å². The molecule has 0 fully saturated rings. The molecule has 0 spiro atoms. The zero-order chi connectivity index (χ0) is 9.07. The number of hydrogen-bond acceptors (Lipinski definition) is 4. The lowest BCUT2D eigenvalue weighted by molar-refractivity contribution is 0.182. The Morgan fingerprint density at radius 2 is 2.00 bits per heavy atom. The van der Waals surface area contributed by atoms with Crippen molar-refractivity contribution in [3.8, 4) is 0 Å². The fourth-order valence-electron chi connectivity index (χ4n) is 0.752. The smallest absolute Gasteiger partial charge is 0.264 e. The van der Waals surface area contributed by atoms with Crippen molar-refractivity contribution in [1.82, 2.24) is 0 Å². The van der Waals surface area contributed by atoms with Crippen LogP contribution in [-0.2, 0) is 14.3 Å². The Balaban J connectivity index is 4.10. The fraction of sp³-hybridized carbons (Fsp3) is 1.00. The minimum Gasteiger partial charge on any atom is -0.326 e. The molecule has 0 aliphatic heterocycles. The van der Waals surface area contributed by atoms with Crippen molar-refractivity contribution in [3.63, 3.8) is 0 Å². The molecule has 0 amide bonds. The summed E-state index contributed by atoms with van der Waals surface area (Å²) < 4.78 is 26.0. The van der Waals surface area contributed by atoms with Crippen LogP contribution < -0.4 is 5.73 Å². The van der Waals surface area contributed by atoms with E-state index in [9.17, 15) is 8.42 Å². The van der Waals surface area contributed by atoms with E-state index >= 15 is 0 Å². The second-order valence-electron chi connectivity index (χ2n) is 2.61.